The van der Waals surface area contributed by atoms with Crippen LogP contribution >= 0.6 is 11.6 Å². The van der Waals surface area contributed by atoms with Crippen LogP contribution in [0.4, 0.5) is 17.1 Å². The highest BCUT2D eigenvalue weighted by Crippen LogP contribution is 2.35. The van der Waals surface area contributed by atoms with Crippen LogP contribution in [-0.2, 0) is 16.1 Å². The van der Waals surface area contributed by atoms with E-state index in [2.05, 4.69) is 40.8 Å². The number of hydrogen-bond acceptors (Lipinski definition) is 4. The van der Waals surface area contributed by atoms with Crippen molar-refractivity contribution in [3.8, 4) is 0 Å². The molecule has 32 heavy (non-hydrogen) atoms. The summed E-state index contributed by atoms with van der Waals surface area (Å²) < 4.78 is 0. The van der Waals surface area contributed by atoms with Gasteiger partial charge in [-0.15, -0.1) is 0 Å². The molecule has 2 saturated heterocycles. The van der Waals surface area contributed by atoms with E-state index in [4.69, 9.17) is 11.6 Å². The van der Waals surface area contributed by atoms with Crippen LogP contribution in [-0.4, -0.2) is 31.4 Å². The van der Waals surface area contributed by atoms with Crippen molar-refractivity contribution in [1.29, 1.82) is 0 Å². The van der Waals surface area contributed by atoms with Crippen molar-refractivity contribution in [3.63, 3.8) is 0 Å². The van der Waals surface area contributed by atoms with Crippen molar-refractivity contribution in [2.24, 2.45) is 11.8 Å². The number of carbonyl (C=O) groups is 2. The van der Waals surface area contributed by atoms with Gasteiger partial charge >= 0.3 is 0 Å². The molecule has 2 aliphatic heterocycles. The highest BCUT2D eigenvalue weighted by atomic mass is 35.5. The molecule has 0 aromatic heterocycles. The van der Waals surface area contributed by atoms with E-state index in [1.165, 1.54) is 12.8 Å². The molecule has 0 aliphatic carbocycles. The molecule has 1 atom stereocenters. The Morgan fingerprint density at radius 2 is 1.91 bits per heavy atom. The smallest absolute Gasteiger partial charge is 0.225 e. The van der Waals surface area contributed by atoms with E-state index >= 15 is 0 Å². The third kappa shape index (κ3) is 5.36. The van der Waals surface area contributed by atoms with Gasteiger partial charge in [0.1, 0.15) is 0 Å². The average Bonchev–Trinajstić information content (AvgIpc) is 3.22. The standard InChI is InChI=1S/C25H31ClN4O2/c1-16-7-9-30(10-8-16)23-11-17(2)22(13-21(23)26)29-20-5-3-18(4-6-20)14-28-25(32)19-12-24(31)27-15-19/h3-6,11,13,16,19,29H,7-10,12,14-15H2,1-2H3,(H,27,31)(H,28,32). The number of halogens is 1. The van der Waals surface area contributed by atoms with E-state index in [-0.39, 0.29) is 24.2 Å². The zero-order valence-corrected chi connectivity index (χ0v) is 19.5. The van der Waals surface area contributed by atoms with Crippen molar-refractivity contribution in [3.05, 3.63) is 52.5 Å². The van der Waals surface area contributed by atoms with E-state index in [0.29, 0.717) is 13.1 Å². The Balaban J connectivity index is 1.35. The molecule has 1 unspecified atom stereocenters. The van der Waals surface area contributed by atoms with Gasteiger partial charge in [-0.05, 0) is 61.1 Å². The molecule has 7 heteroatoms. The Hall–Kier alpha value is -2.73. The van der Waals surface area contributed by atoms with E-state index in [1.54, 1.807) is 0 Å². The zero-order valence-electron chi connectivity index (χ0n) is 18.7. The number of benzene rings is 2. The maximum absolute atomic E-state index is 12.2. The third-order valence-corrected chi connectivity index (χ3v) is 6.77. The van der Waals surface area contributed by atoms with Crippen LogP contribution in [0.2, 0.25) is 5.02 Å². The number of nitrogens with one attached hydrogen (secondary N) is 3. The predicted octanol–water partition coefficient (Wildman–Crippen LogP) is 4.38. The van der Waals surface area contributed by atoms with Crippen molar-refractivity contribution in [1.82, 2.24) is 10.6 Å². The van der Waals surface area contributed by atoms with Gasteiger partial charge in [0.2, 0.25) is 11.8 Å². The highest BCUT2D eigenvalue weighted by Gasteiger charge is 2.27. The summed E-state index contributed by atoms with van der Waals surface area (Å²) >= 11 is 6.65. The Morgan fingerprint density at radius 3 is 2.56 bits per heavy atom. The molecule has 170 valence electrons. The molecule has 3 N–H and O–H groups in total. The largest absolute Gasteiger partial charge is 0.370 e. The number of amides is 2. The lowest BCUT2D eigenvalue weighted by Gasteiger charge is -2.33. The second kappa shape index (κ2) is 9.82. The minimum absolute atomic E-state index is 0.0606. The number of hydrogen-bond donors (Lipinski definition) is 3. The van der Waals surface area contributed by atoms with Gasteiger partial charge < -0.3 is 20.9 Å². The van der Waals surface area contributed by atoms with Crippen LogP contribution < -0.4 is 20.9 Å². The van der Waals surface area contributed by atoms with Gasteiger partial charge in [0.05, 0.1) is 16.6 Å². The SMILES string of the molecule is Cc1cc(N2CCC(C)CC2)c(Cl)cc1Nc1ccc(CNC(=O)C2CNC(=O)C2)cc1. The summed E-state index contributed by atoms with van der Waals surface area (Å²) in [6, 6.07) is 12.1. The Kier molecular flexibility index (Phi) is 6.89. The fourth-order valence-electron chi connectivity index (χ4n) is 4.28. The van der Waals surface area contributed by atoms with Gasteiger partial charge in [-0.1, -0.05) is 30.7 Å². The van der Waals surface area contributed by atoms with Gasteiger partial charge in [0.15, 0.2) is 0 Å². The second-order valence-electron chi connectivity index (χ2n) is 9.03. The van der Waals surface area contributed by atoms with Gasteiger partial charge in [-0.2, -0.15) is 0 Å². The van der Waals surface area contributed by atoms with Crippen molar-refractivity contribution >= 4 is 40.5 Å². The zero-order chi connectivity index (χ0) is 22.7. The quantitative estimate of drug-likeness (QED) is 0.605. The van der Waals surface area contributed by atoms with Gasteiger partial charge in [0, 0.05) is 44.0 Å². The van der Waals surface area contributed by atoms with Gasteiger partial charge in [0.25, 0.3) is 0 Å². The minimum Gasteiger partial charge on any atom is -0.370 e. The lowest BCUT2D eigenvalue weighted by Crippen LogP contribution is -2.33. The number of rotatable bonds is 6. The first-order chi connectivity index (χ1) is 15.4. The molecule has 0 spiro atoms. The molecule has 4 rings (SSSR count). The fourth-order valence-corrected chi connectivity index (χ4v) is 4.56. The number of anilines is 3. The molecule has 2 amide bonds. The summed E-state index contributed by atoms with van der Waals surface area (Å²) in [5.41, 5.74) is 5.23. The average molecular weight is 455 g/mol. The molecule has 2 aromatic rings. The molecular formula is C25H31ClN4O2. The Morgan fingerprint density at radius 1 is 1.19 bits per heavy atom. The van der Waals surface area contributed by atoms with Crippen LogP contribution in [0.3, 0.4) is 0 Å². The maximum atomic E-state index is 12.2. The molecule has 2 aliphatic rings. The van der Waals surface area contributed by atoms with E-state index in [0.717, 1.165) is 52.2 Å². The van der Waals surface area contributed by atoms with E-state index in [9.17, 15) is 9.59 Å². The predicted molar refractivity (Wildman–Crippen MR) is 129 cm³/mol. The molecular weight excluding hydrogens is 424 g/mol. The van der Waals surface area contributed by atoms with E-state index in [1.807, 2.05) is 30.3 Å². The number of carbonyl (C=O) groups excluding carboxylic acids is 2. The third-order valence-electron chi connectivity index (χ3n) is 6.47. The lowest BCUT2D eigenvalue weighted by atomic mass is 9.98. The van der Waals surface area contributed by atoms with Crippen LogP contribution in [0.15, 0.2) is 36.4 Å². The molecule has 0 bridgehead atoms. The lowest BCUT2D eigenvalue weighted by molar-refractivity contribution is -0.126. The van der Waals surface area contributed by atoms with Crippen LogP contribution in [0.1, 0.15) is 37.3 Å². The summed E-state index contributed by atoms with van der Waals surface area (Å²) in [6.07, 6.45) is 2.68. The Labute approximate surface area is 194 Å². The molecule has 0 saturated carbocycles. The molecule has 0 radical (unpaired) electrons. The fraction of sp³-hybridized carbons (Fsp3) is 0.440. The molecule has 6 nitrogen and oxygen atoms in total. The van der Waals surface area contributed by atoms with E-state index < -0.39 is 0 Å². The van der Waals surface area contributed by atoms with Crippen LogP contribution in [0, 0.1) is 18.8 Å². The summed E-state index contributed by atoms with van der Waals surface area (Å²) in [5.74, 6) is 0.369. The molecule has 2 fully saturated rings. The van der Waals surface area contributed by atoms with Gasteiger partial charge in [-0.25, -0.2) is 0 Å². The van der Waals surface area contributed by atoms with Crippen LogP contribution in [0.25, 0.3) is 0 Å². The Bertz CT molecular complexity index is 984. The van der Waals surface area contributed by atoms with Gasteiger partial charge in [-0.3, -0.25) is 9.59 Å². The first-order valence-electron chi connectivity index (χ1n) is 11.3. The molecule has 2 heterocycles. The monoisotopic (exact) mass is 454 g/mol. The van der Waals surface area contributed by atoms with Crippen LogP contribution in [0.5, 0.6) is 0 Å². The van der Waals surface area contributed by atoms with Crippen molar-refractivity contribution < 1.29 is 9.59 Å². The summed E-state index contributed by atoms with van der Waals surface area (Å²) in [6.45, 7) is 7.38. The molecule has 2 aromatic carbocycles. The number of piperidine rings is 1. The highest BCUT2D eigenvalue weighted by molar-refractivity contribution is 6.33. The topological polar surface area (TPSA) is 73.5 Å². The second-order valence-corrected chi connectivity index (χ2v) is 9.44. The summed E-state index contributed by atoms with van der Waals surface area (Å²) in [5, 5.41) is 9.83. The van der Waals surface area contributed by atoms with Crippen molar-refractivity contribution in [2.75, 3.05) is 29.9 Å². The summed E-state index contributed by atoms with van der Waals surface area (Å²) in [7, 11) is 0. The normalized spacial score (nSPS) is 19.0. The van der Waals surface area contributed by atoms with Crippen molar-refractivity contribution in [2.45, 2.75) is 39.7 Å². The maximum Gasteiger partial charge on any atom is 0.225 e. The minimum atomic E-state index is -0.271. The first-order valence-corrected chi connectivity index (χ1v) is 11.7. The number of nitrogens with zero attached hydrogens (tertiary/aromatic N) is 1. The number of aryl methyl sites for hydroxylation is 1. The summed E-state index contributed by atoms with van der Waals surface area (Å²) in [4.78, 5) is 25.8. The first kappa shape index (κ1) is 22.5.